The van der Waals surface area contributed by atoms with Crippen LogP contribution in [0.5, 0.6) is 0 Å². The molecule has 1 fully saturated rings. The van der Waals surface area contributed by atoms with Gasteiger partial charge in [0.2, 0.25) is 0 Å². The van der Waals surface area contributed by atoms with Crippen LogP contribution in [-0.2, 0) is 13.1 Å². The number of rotatable bonds is 5. The second kappa shape index (κ2) is 5.82. The van der Waals surface area contributed by atoms with Crippen LogP contribution in [0, 0.1) is 0 Å². The average molecular weight is 279 g/mol. The summed E-state index contributed by atoms with van der Waals surface area (Å²) in [6, 6.07) is 0. The molecular formula is C15H29N5. The molecule has 1 aromatic rings. The Bertz CT molecular complexity index is 439. The Morgan fingerprint density at radius 2 is 2.05 bits per heavy atom. The third-order valence-electron chi connectivity index (χ3n) is 4.59. The molecule has 2 rings (SSSR count). The van der Waals surface area contributed by atoms with Crippen LogP contribution in [0.3, 0.4) is 0 Å². The summed E-state index contributed by atoms with van der Waals surface area (Å²) >= 11 is 0. The molecule has 5 nitrogen and oxygen atoms in total. The molecule has 0 bridgehead atoms. The molecule has 20 heavy (non-hydrogen) atoms. The summed E-state index contributed by atoms with van der Waals surface area (Å²) in [6.07, 6.45) is 3.91. The van der Waals surface area contributed by atoms with Crippen molar-refractivity contribution in [2.45, 2.75) is 71.6 Å². The van der Waals surface area contributed by atoms with Crippen LogP contribution in [0.25, 0.3) is 0 Å². The van der Waals surface area contributed by atoms with E-state index in [9.17, 15) is 0 Å². The molecule has 0 saturated carbocycles. The lowest BCUT2D eigenvalue weighted by Crippen LogP contribution is -2.66. The predicted octanol–water partition coefficient (Wildman–Crippen LogP) is 2.04. The van der Waals surface area contributed by atoms with E-state index in [1.165, 1.54) is 0 Å². The predicted molar refractivity (Wildman–Crippen MR) is 81.5 cm³/mol. The molecule has 1 unspecified atom stereocenters. The van der Waals surface area contributed by atoms with Gasteiger partial charge in [0, 0.05) is 30.7 Å². The molecule has 0 aromatic carbocycles. The van der Waals surface area contributed by atoms with Crippen molar-refractivity contribution < 1.29 is 0 Å². The first-order valence-electron chi connectivity index (χ1n) is 7.77. The minimum atomic E-state index is 0.150. The molecule has 5 heteroatoms. The van der Waals surface area contributed by atoms with Gasteiger partial charge < -0.3 is 5.32 Å². The zero-order chi connectivity index (χ0) is 14.8. The van der Waals surface area contributed by atoms with E-state index >= 15 is 0 Å². The Balaban J connectivity index is 2.14. The second-order valence-corrected chi connectivity index (χ2v) is 6.84. The molecule has 2 heterocycles. The minimum absolute atomic E-state index is 0.150. The lowest BCUT2D eigenvalue weighted by atomic mass is 9.88. The number of aryl methyl sites for hydroxylation is 1. The van der Waals surface area contributed by atoms with Crippen molar-refractivity contribution in [3.8, 4) is 0 Å². The van der Waals surface area contributed by atoms with Gasteiger partial charge >= 0.3 is 0 Å². The molecular weight excluding hydrogens is 250 g/mol. The van der Waals surface area contributed by atoms with Gasteiger partial charge in [0.15, 0.2) is 0 Å². The Kier molecular flexibility index (Phi) is 4.49. The molecule has 0 amide bonds. The van der Waals surface area contributed by atoms with E-state index in [1.54, 1.807) is 6.33 Å². The lowest BCUT2D eigenvalue weighted by Gasteiger charge is -2.50. The molecule has 1 atom stereocenters. The van der Waals surface area contributed by atoms with Gasteiger partial charge in [0.1, 0.15) is 12.2 Å². The van der Waals surface area contributed by atoms with Crippen molar-refractivity contribution in [1.29, 1.82) is 0 Å². The zero-order valence-corrected chi connectivity index (χ0v) is 13.6. The van der Waals surface area contributed by atoms with Crippen molar-refractivity contribution in [2.75, 3.05) is 13.1 Å². The maximum Gasteiger partial charge on any atom is 0.141 e. The topological polar surface area (TPSA) is 46.0 Å². The lowest BCUT2D eigenvalue weighted by molar-refractivity contribution is 0.0216. The number of nitrogens with one attached hydrogen (secondary N) is 1. The van der Waals surface area contributed by atoms with Crippen molar-refractivity contribution in [2.24, 2.45) is 0 Å². The summed E-state index contributed by atoms with van der Waals surface area (Å²) < 4.78 is 2.04. The van der Waals surface area contributed by atoms with Gasteiger partial charge in [-0.25, -0.2) is 9.67 Å². The Hall–Kier alpha value is -0.940. The van der Waals surface area contributed by atoms with E-state index in [2.05, 4.69) is 54.9 Å². The van der Waals surface area contributed by atoms with E-state index in [4.69, 9.17) is 0 Å². The van der Waals surface area contributed by atoms with Crippen LogP contribution >= 0.6 is 0 Å². The van der Waals surface area contributed by atoms with Gasteiger partial charge in [-0.15, -0.1) is 0 Å². The van der Waals surface area contributed by atoms with E-state index in [1.807, 2.05) is 4.68 Å². The van der Waals surface area contributed by atoms with Crippen LogP contribution in [0.2, 0.25) is 0 Å². The highest BCUT2D eigenvalue weighted by molar-refractivity contribution is 5.01. The standard InChI is InChI=1S/C15H29N5/c1-6-8-20-13(16-12-18-20)9-19-11-15(5,7-2)17-10-14(19,3)4/h12,17H,6-11H2,1-5H3. The smallest absolute Gasteiger partial charge is 0.141 e. The first-order valence-corrected chi connectivity index (χ1v) is 7.77. The van der Waals surface area contributed by atoms with Gasteiger partial charge in [0.05, 0.1) is 6.54 Å². The third-order valence-corrected chi connectivity index (χ3v) is 4.59. The van der Waals surface area contributed by atoms with Gasteiger partial charge in [0.25, 0.3) is 0 Å². The average Bonchev–Trinajstić information content (AvgIpc) is 2.83. The van der Waals surface area contributed by atoms with E-state index in [-0.39, 0.29) is 11.1 Å². The Labute approximate surface area is 122 Å². The number of hydrogen-bond donors (Lipinski definition) is 1. The monoisotopic (exact) mass is 279 g/mol. The fourth-order valence-corrected chi connectivity index (χ4v) is 2.72. The third kappa shape index (κ3) is 3.20. The fraction of sp³-hybridized carbons (Fsp3) is 0.867. The number of piperazine rings is 1. The zero-order valence-electron chi connectivity index (χ0n) is 13.6. The van der Waals surface area contributed by atoms with Gasteiger partial charge in [-0.2, -0.15) is 5.10 Å². The second-order valence-electron chi connectivity index (χ2n) is 6.84. The molecule has 1 saturated heterocycles. The summed E-state index contributed by atoms with van der Waals surface area (Å²) in [4.78, 5) is 7.00. The first kappa shape index (κ1) is 15.4. The Morgan fingerprint density at radius 1 is 1.30 bits per heavy atom. The quantitative estimate of drug-likeness (QED) is 0.896. The molecule has 0 spiro atoms. The van der Waals surface area contributed by atoms with Gasteiger partial charge in [-0.1, -0.05) is 13.8 Å². The molecule has 1 N–H and O–H groups in total. The van der Waals surface area contributed by atoms with Crippen LogP contribution in [0.15, 0.2) is 6.33 Å². The molecule has 0 aliphatic carbocycles. The van der Waals surface area contributed by atoms with Crippen LogP contribution < -0.4 is 5.32 Å². The number of hydrogen-bond acceptors (Lipinski definition) is 4. The maximum absolute atomic E-state index is 4.46. The largest absolute Gasteiger partial charge is 0.308 e. The summed E-state index contributed by atoms with van der Waals surface area (Å²) in [7, 11) is 0. The highest BCUT2D eigenvalue weighted by Gasteiger charge is 2.39. The maximum atomic E-state index is 4.46. The van der Waals surface area contributed by atoms with Gasteiger partial charge in [-0.05, 0) is 33.6 Å². The van der Waals surface area contributed by atoms with E-state index in [0.717, 1.165) is 44.8 Å². The summed E-state index contributed by atoms with van der Waals surface area (Å²) in [5.74, 6) is 1.08. The Morgan fingerprint density at radius 3 is 2.70 bits per heavy atom. The van der Waals surface area contributed by atoms with E-state index < -0.39 is 0 Å². The molecule has 0 radical (unpaired) electrons. The normalized spacial score (nSPS) is 26.9. The number of nitrogens with zero attached hydrogens (tertiary/aromatic N) is 4. The van der Waals surface area contributed by atoms with E-state index in [0.29, 0.717) is 0 Å². The van der Waals surface area contributed by atoms with Crippen molar-refractivity contribution in [1.82, 2.24) is 25.0 Å². The number of aromatic nitrogens is 3. The molecule has 1 aliphatic heterocycles. The minimum Gasteiger partial charge on any atom is -0.308 e. The molecule has 1 aliphatic rings. The first-order chi connectivity index (χ1) is 9.40. The van der Waals surface area contributed by atoms with Gasteiger partial charge in [-0.3, -0.25) is 4.90 Å². The summed E-state index contributed by atoms with van der Waals surface area (Å²) in [6.45, 7) is 15.2. The van der Waals surface area contributed by atoms with Crippen molar-refractivity contribution in [3.05, 3.63) is 12.2 Å². The van der Waals surface area contributed by atoms with Crippen molar-refractivity contribution >= 4 is 0 Å². The summed E-state index contributed by atoms with van der Waals surface area (Å²) in [5.41, 5.74) is 0.350. The molecule has 114 valence electrons. The fourth-order valence-electron chi connectivity index (χ4n) is 2.72. The highest BCUT2D eigenvalue weighted by Crippen LogP contribution is 2.26. The van der Waals surface area contributed by atoms with Crippen LogP contribution in [0.1, 0.15) is 53.3 Å². The molecule has 1 aromatic heterocycles. The SMILES string of the molecule is CCCn1ncnc1CN1CC(C)(CC)NCC1(C)C. The van der Waals surface area contributed by atoms with Crippen LogP contribution in [-0.4, -0.2) is 43.8 Å². The van der Waals surface area contributed by atoms with Crippen molar-refractivity contribution in [3.63, 3.8) is 0 Å². The summed E-state index contributed by atoms with van der Waals surface area (Å²) in [5, 5.41) is 8.04. The van der Waals surface area contributed by atoms with Crippen LogP contribution in [0.4, 0.5) is 0 Å². The highest BCUT2D eigenvalue weighted by atomic mass is 15.4.